The van der Waals surface area contributed by atoms with Gasteiger partial charge in [0.25, 0.3) is 0 Å². The minimum atomic E-state index is -0.929. The molecule has 0 amide bonds. The van der Waals surface area contributed by atoms with E-state index in [9.17, 15) is 4.79 Å². The summed E-state index contributed by atoms with van der Waals surface area (Å²) >= 11 is 0. The molecule has 2 rings (SSSR count). The fourth-order valence-corrected chi connectivity index (χ4v) is 2.62. The van der Waals surface area contributed by atoms with Crippen molar-refractivity contribution >= 4 is 12.0 Å². The van der Waals surface area contributed by atoms with Gasteiger partial charge in [0.1, 0.15) is 5.75 Å². The Balaban J connectivity index is 2.24. The number of hydrogen-bond acceptors (Lipinski definition) is 3. The molecule has 1 saturated heterocycles. The highest BCUT2D eigenvalue weighted by atomic mass is 16.5. The van der Waals surface area contributed by atoms with Crippen LogP contribution in [0.3, 0.4) is 0 Å². The minimum Gasteiger partial charge on any atom is -0.497 e. The molecule has 0 spiro atoms. The number of carbonyl (C=O) groups is 1. The third kappa shape index (κ3) is 3.61. The Labute approximate surface area is 119 Å². The van der Waals surface area contributed by atoms with Crippen LogP contribution in [0.25, 0.3) is 6.08 Å². The molecule has 0 aromatic heterocycles. The van der Waals surface area contributed by atoms with E-state index in [0.29, 0.717) is 6.04 Å². The van der Waals surface area contributed by atoms with Gasteiger partial charge in [0.15, 0.2) is 0 Å². The first kappa shape index (κ1) is 14.6. The van der Waals surface area contributed by atoms with Crippen molar-refractivity contribution in [3.63, 3.8) is 0 Å². The van der Waals surface area contributed by atoms with Gasteiger partial charge in [-0.3, -0.25) is 4.90 Å². The highest BCUT2D eigenvalue weighted by Crippen LogP contribution is 2.24. The molecule has 108 valence electrons. The molecule has 0 bridgehead atoms. The number of benzene rings is 1. The van der Waals surface area contributed by atoms with E-state index in [1.165, 1.54) is 18.9 Å². The van der Waals surface area contributed by atoms with E-state index in [4.69, 9.17) is 9.84 Å². The predicted molar refractivity (Wildman–Crippen MR) is 78.8 cm³/mol. The number of likely N-dealkylation sites (tertiary alicyclic amines) is 1. The first-order chi connectivity index (χ1) is 9.60. The fraction of sp³-hybridized carbons (Fsp3) is 0.438. The van der Waals surface area contributed by atoms with E-state index in [1.807, 2.05) is 18.2 Å². The quantitative estimate of drug-likeness (QED) is 0.839. The topological polar surface area (TPSA) is 49.8 Å². The number of ether oxygens (including phenoxy) is 1. The number of rotatable bonds is 5. The van der Waals surface area contributed by atoms with Crippen LogP contribution in [-0.2, 0) is 11.3 Å². The van der Waals surface area contributed by atoms with Crippen molar-refractivity contribution in [3.05, 3.63) is 35.4 Å². The lowest BCUT2D eigenvalue weighted by Crippen LogP contribution is -2.26. The first-order valence-electron chi connectivity index (χ1n) is 6.92. The molecule has 1 fully saturated rings. The number of carboxylic acid groups (broad SMARTS) is 1. The lowest BCUT2D eigenvalue weighted by Gasteiger charge is -2.22. The molecule has 0 saturated carbocycles. The lowest BCUT2D eigenvalue weighted by molar-refractivity contribution is -0.131. The van der Waals surface area contributed by atoms with Crippen molar-refractivity contribution in [2.75, 3.05) is 13.7 Å². The van der Waals surface area contributed by atoms with Crippen molar-refractivity contribution in [1.82, 2.24) is 4.90 Å². The van der Waals surface area contributed by atoms with Crippen molar-refractivity contribution in [2.24, 2.45) is 0 Å². The van der Waals surface area contributed by atoms with Gasteiger partial charge in [0.05, 0.1) is 7.11 Å². The first-order valence-corrected chi connectivity index (χ1v) is 6.92. The van der Waals surface area contributed by atoms with Gasteiger partial charge in [-0.1, -0.05) is 6.07 Å². The minimum absolute atomic E-state index is 0.581. The van der Waals surface area contributed by atoms with Gasteiger partial charge in [-0.2, -0.15) is 0 Å². The van der Waals surface area contributed by atoms with Crippen LogP contribution in [-0.4, -0.2) is 35.7 Å². The fourth-order valence-electron chi connectivity index (χ4n) is 2.62. The van der Waals surface area contributed by atoms with Gasteiger partial charge in [-0.05, 0) is 55.6 Å². The summed E-state index contributed by atoms with van der Waals surface area (Å²) < 4.78 is 5.27. The van der Waals surface area contributed by atoms with Gasteiger partial charge in [-0.15, -0.1) is 0 Å². The molecule has 0 aliphatic carbocycles. The monoisotopic (exact) mass is 275 g/mol. The highest BCUT2D eigenvalue weighted by molar-refractivity contribution is 5.85. The molecule has 0 radical (unpaired) electrons. The Morgan fingerprint density at radius 1 is 1.55 bits per heavy atom. The van der Waals surface area contributed by atoms with Crippen LogP contribution >= 0.6 is 0 Å². The van der Waals surface area contributed by atoms with Crippen molar-refractivity contribution < 1.29 is 14.6 Å². The zero-order chi connectivity index (χ0) is 14.5. The van der Waals surface area contributed by atoms with E-state index in [-0.39, 0.29) is 0 Å². The number of hydrogen-bond donors (Lipinski definition) is 1. The Kier molecular flexibility index (Phi) is 4.79. The highest BCUT2D eigenvalue weighted by Gasteiger charge is 2.20. The van der Waals surface area contributed by atoms with Gasteiger partial charge in [0.2, 0.25) is 0 Å². The summed E-state index contributed by atoms with van der Waals surface area (Å²) in [5.74, 6) is -0.124. The molecule has 20 heavy (non-hydrogen) atoms. The molecular weight excluding hydrogens is 254 g/mol. The van der Waals surface area contributed by atoms with Crippen molar-refractivity contribution in [3.8, 4) is 5.75 Å². The van der Waals surface area contributed by atoms with E-state index >= 15 is 0 Å². The third-order valence-electron chi connectivity index (χ3n) is 3.82. The van der Waals surface area contributed by atoms with Crippen LogP contribution in [0, 0.1) is 0 Å². The summed E-state index contributed by atoms with van der Waals surface area (Å²) in [5.41, 5.74) is 2.04. The second-order valence-corrected chi connectivity index (χ2v) is 5.20. The van der Waals surface area contributed by atoms with Crippen LogP contribution < -0.4 is 4.74 Å². The Morgan fingerprint density at radius 2 is 2.35 bits per heavy atom. The molecule has 1 atom stereocenters. The summed E-state index contributed by atoms with van der Waals surface area (Å²) in [6.07, 6.45) is 5.28. The largest absolute Gasteiger partial charge is 0.497 e. The lowest BCUT2D eigenvalue weighted by atomic mass is 10.1. The molecule has 1 aromatic rings. The molecule has 1 aliphatic rings. The van der Waals surface area contributed by atoms with Crippen molar-refractivity contribution in [2.45, 2.75) is 32.4 Å². The summed E-state index contributed by atoms with van der Waals surface area (Å²) in [6.45, 7) is 4.16. The average molecular weight is 275 g/mol. The molecular formula is C16H21NO3. The molecule has 1 aliphatic heterocycles. The molecule has 1 N–H and O–H groups in total. The molecule has 1 unspecified atom stereocenters. The van der Waals surface area contributed by atoms with Crippen molar-refractivity contribution in [1.29, 1.82) is 0 Å². The zero-order valence-corrected chi connectivity index (χ0v) is 12.0. The number of aliphatic carboxylic acids is 1. The van der Waals surface area contributed by atoms with E-state index in [1.54, 1.807) is 13.2 Å². The van der Waals surface area contributed by atoms with Gasteiger partial charge in [0, 0.05) is 18.7 Å². The molecule has 4 nitrogen and oxygen atoms in total. The summed E-state index contributed by atoms with van der Waals surface area (Å²) in [6, 6.07) is 6.34. The van der Waals surface area contributed by atoms with Gasteiger partial charge in [-0.25, -0.2) is 4.79 Å². The zero-order valence-electron chi connectivity index (χ0n) is 12.0. The van der Waals surface area contributed by atoms with Crippen LogP contribution in [0.4, 0.5) is 0 Å². The summed E-state index contributed by atoms with van der Waals surface area (Å²) in [7, 11) is 1.64. The molecule has 4 heteroatoms. The van der Waals surface area contributed by atoms with Crippen LogP contribution in [0.1, 0.15) is 30.9 Å². The van der Waals surface area contributed by atoms with E-state index < -0.39 is 5.97 Å². The average Bonchev–Trinajstić information content (AvgIpc) is 2.82. The number of nitrogens with zero attached hydrogens (tertiary/aromatic N) is 1. The summed E-state index contributed by atoms with van der Waals surface area (Å²) in [5, 5.41) is 8.77. The Hall–Kier alpha value is -1.81. The van der Waals surface area contributed by atoms with Gasteiger partial charge < -0.3 is 9.84 Å². The Morgan fingerprint density at radius 3 is 2.95 bits per heavy atom. The third-order valence-corrected chi connectivity index (χ3v) is 3.82. The standard InChI is InChI=1S/C16H21NO3/c1-12-4-3-9-17(12)11-14-10-15(20-2)7-5-13(14)6-8-16(18)19/h5-8,10,12H,3-4,9,11H2,1-2H3,(H,18,19). The maximum atomic E-state index is 10.7. The smallest absolute Gasteiger partial charge is 0.328 e. The second-order valence-electron chi connectivity index (χ2n) is 5.20. The van der Waals surface area contributed by atoms with E-state index in [0.717, 1.165) is 30.0 Å². The van der Waals surface area contributed by atoms with E-state index in [2.05, 4.69) is 11.8 Å². The maximum Gasteiger partial charge on any atom is 0.328 e. The van der Waals surface area contributed by atoms with Gasteiger partial charge >= 0.3 is 5.97 Å². The SMILES string of the molecule is COc1ccc(C=CC(=O)O)c(CN2CCCC2C)c1. The van der Waals surface area contributed by atoms with Crippen LogP contribution in [0.15, 0.2) is 24.3 Å². The normalized spacial score (nSPS) is 19.6. The second kappa shape index (κ2) is 6.57. The maximum absolute atomic E-state index is 10.7. The Bertz CT molecular complexity index is 510. The van der Waals surface area contributed by atoms with Crippen LogP contribution in [0.2, 0.25) is 0 Å². The summed E-state index contributed by atoms with van der Waals surface area (Å²) in [4.78, 5) is 13.1. The molecule has 1 heterocycles. The number of methoxy groups -OCH3 is 1. The predicted octanol–water partition coefficient (Wildman–Crippen LogP) is 2.78. The van der Waals surface area contributed by atoms with Crippen LogP contribution in [0.5, 0.6) is 5.75 Å². The molecule has 1 aromatic carbocycles. The number of carboxylic acids is 1.